The zero-order valence-electron chi connectivity index (χ0n) is 10.1. The zero-order chi connectivity index (χ0) is 12.8. The standard InChI is InChI=1S/C12H17NO4/c1-9(2)5-3-4-6-12(16)17-13-10(14)7-8-11(13)15/h4,6,9H,3,5,7-8H2,1-2H3/b6-4+. The lowest BCUT2D eigenvalue weighted by Gasteiger charge is -2.10. The molecule has 5 nitrogen and oxygen atoms in total. The highest BCUT2D eigenvalue weighted by molar-refractivity contribution is 6.02. The molecule has 0 bridgehead atoms. The summed E-state index contributed by atoms with van der Waals surface area (Å²) in [5, 5.41) is 0.551. The Hall–Kier alpha value is -1.65. The summed E-state index contributed by atoms with van der Waals surface area (Å²) in [5.41, 5.74) is 0. The van der Waals surface area contributed by atoms with Crippen LogP contribution in [0.1, 0.15) is 39.5 Å². The molecule has 94 valence electrons. The van der Waals surface area contributed by atoms with E-state index in [-0.39, 0.29) is 12.8 Å². The minimum absolute atomic E-state index is 0.114. The minimum Gasteiger partial charge on any atom is -0.326 e. The van der Waals surface area contributed by atoms with Crippen LogP contribution in [-0.4, -0.2) is 22.8 Å². The normalized spacial score (nSPS) is 16.3. The summed E-state index contributed by atoms with van der Waals surface area (Å²) in [7, 11) is 0. The van der Waals surface area contributed by atoms with Crippen LogP contribution in [0.4, 0.5) is 0 Å². The van der Waals surface area contributed by atoms with E-state index in [9.17, 15) is 14.4 Å². The summed E-state index contributed by atoms with van der Waals surface area (Å²) in [6.45, 7) is 4.18. The van der Waals surface area contributed by atoms with Crippen LogP contribution in [0.3, 0.4) is 0 Å². The third-order valence-corrected chi connectivity index (χ3v) is 2.35. The quantitative estimate of drug-likeness (QED) is 0.540. The molecular weight excluding hydrogens is 222 g/mol. The van der Waals surface area contributed by atoms with Crippen molar-refractivity contribution in [2.45, 2.75) is 39.5 Å². The average molecular weight is 239 g/mol. The Morgan fingerprint density at radius 3 is 2.47 bits per heavy atom. The molecular formula is C12H17NO4. The van der Waals surface area contributed by atoms with Gasteiger partial charge in [0.05, 0.1) is 0 Å². The van der Waals surface area contributed by atoms with E-state index in [4.69, 9.17) is 0 Å². The van der Waals surface area contributed by atoms with Crippen molar-refractivity contribution >= 4 is 17.8 Å². The predicted octanol–water partition coefficient (Wildman–Crippen LogP) is 1.59. The summed E-state index contributed by atoms with van der Waals surface area (Å²) in [6, 6.07) is 0. The highest BCUT2D eigenvalue weighted by atomic mass is 16.7. The van der Waals surface area contributed by atoms with Crippen LogP contribution in [0.2, 0.25) is 0 Å². The zero-order valence-corrected chi connectivity index (χ0v) is 10.1. The van der Waals surface area contributed by atoms with E-state index in [1.165, 1.54) is 6.08 Å². The van der Waals surface area contributed by atoms with E-state index in [1.54, 1.807) is 6.08 Å². The number of nitrogens with zero attached hydrogens (tertiary/aromatic N) is 1. The van der Waals surface area contributed by atoms with Gasteiger partial charge in [0.15, 0.2) is 0 Å². The molecule has 0 unspecified atom stereocenters. The number of carbonyl (C=O) groups excluding carboxylic acids is 3. The molecule has 0 radical (unpaired) electrons. The third-order valence-electron chi connectivity index (χ3n) is 2.35. The molecule has 1 rings (SSSR count). The van der Waals surface area contributed by atoms with Crippen molar-refractivity contribution in [3.63, 3.8) is 0 Å². The average Bonchev–Trinajstić information content (AvgIpc) is 2.56. The fraction of sp³-hybridized carbons (Fsp3) is 0.583. The number of amides is 2. The lowest BCUT2D eigenvalue weighted by Crippen LogP contribution is -2.31. The molecule has 1 aliphatic heterocycles. The molecule has 0 atom stereocenters. The van der Waals surface area contributed by atoms with Gasteiger partial charge in [-0.05, 0) is 18.8 Å². The molecule has 1 saturated heterocycles. The van der Waals surface area contributed by atoms with Crippen molar-refractivity contribution in [3.05, 3.63) is 12.2 Å². The number of rotatable bonds is 5. The Labute approximate surface area is 100 Å². The molecule has 1 heterocycles. The first-order chi connectivity index (χ1) is 8.00. The fourth-order valence-corrected chi connectivity index (χ4v) is 1.39. The maximum atomic E-state index is 11.3. The van der Waals surface area contributed by atoms with Crippen molar-refractivity contribution in [1.82, 2.24) is 5.06 Å². The second-order valence-electron chi connectivity index (χ2n) is 4.37. The molecule has 0 aromatic heterocycles. The first-order valence-corrected chi connectivity index (χ1v) is 5.75. The Bertz CT molecular complexity index is 330. The van der Waals surface area contributed by atoms with Crippen LogP contribution >= 0.6 is 0 Å². The van der Waals surface area contributed by atoms with E-state index >= 15 is 0 Å². The first-order valence-electron chi connectivity index (χ1n) is 5.75. The van der Waals surface area contributed by atoms with Crippen LogP contribution in [0.15, 0.2) is 12.2 Å². The topological polar surface area (TPSA) is 63.7 Å². The van der Waals surface area contributed by atoms with E-state index in [0.29, 0.717) is 11.0 Å². The van der Waals surface area contributed by atoms with Gasteiger partial charge in [-0.1, -0.05) is 19.9 Å². The Morgan fingerprint density at radius 2 is 1.94 bits per heavy atom. The molecule has 2 amide bonds. The van der Waals surface area contributed by atoms with Gasteiger partial charge in [-0.25, -0.2) is 4.79 Å². The van der Waals surface area contributed by atoms with Crippen molar-refractivity contribution in [2.75, 3.05) is 0 Å². The maximum Gasteiger partial charge on any atom is 0.356 e. The van der Waals surface area contributed by atoms with E-state index in [0.717, 1.165) is 12.8 Å². The number of allylic oxidation sites excluding steroid dienone is 1. The summed E-state index contributed by atoms with van der Waals surface area (Å²) in [5.74, 6) is -1.03. The molecule has 0 aromatic rings. The summed E-state index contributed by atoms with van der Waals surface area (Å²) < 4.78 is 0. The van der Waals surface area contributed by atoms with E-state index < -0.39 is 17.8 Å². The van der Waals surface area contributed by atoms with Gasteiger partial charge in [0.1, 0.15) is 0 Å². The first kappa shape index (κ1) is 13.4. The second-order valence-corrected chi connectivity index (χ2v) is 4.37. The minimum atomic E-state index is -0.683. The van der Waals surface area contributed by atoms with E-state index in [1.807, 2.05) is 0 Å². The van der Waals surface area contributed by atoms with Gasteiger partial charge in [-0.3, -0.25) is 9.59 Å². The summed E-state index contributed by atoms with van der Waals surface area (Å²) >= 11 is 0. The number of imide groups is 1. The fourth-order valence-electron chi connectivity index (χ4n) is 1.39. The lowest BCUT2D eigenvalue weighted by atomic mass is 10.1. The van der Waals surface area contributed by atoms with Gasteiger partial charge in [-0.2, -0.15) is 0 Å². The van der Waals surface area contributed by atoms with Gasteiger partial charge in [0, 0.05) is 18.9 Å². The Morgan fingerprint density at radius 1 is 1.35 bits per heavy atom. The number of hydroxylamine groups is 2. The molecule has 5 heteroatoms. The highest BCUT2D eigenvalue weighted by Crippen LogP contribution is 2.12. The van der Waals surface area contributed by atoms with Gasteiger partial charge < -0.3 is 4.84 Å². The Balaban J connectivity index is 2.34. The number of carbonyl (C=O) groups is 3. The number of hydrogen-bond donors (Lipinski definition) is 0. The molecule has 17 heavy (non-hydrogen) atoms. The van der Waals surface area contributed by atoms with Crippen LogP contribution in [-0.2, 0) is 19.2 Å². The molecule has 0 N–H and O–H groups in total. The van der Waals surface area contributed by atoms with Crippen molar-refractivity contribution in [3.8, 4) is 0 Å². The van der Waals surface area contributed by atoms with E-state index in [2.05, 4.69) is 18.7 Å². The highest BCUT2D eigenvalue weighted by Gasteiger charge is 2.32. The smallest absolute Gasteiger partial charge is 0.326 e. The van der Waals surface area contributed by atoms with Crippen molar-refractivity contribution in [1.29, 1.82) is 0 Å². The monoisotopic (exact) mass is 239 g/mol. The summed E-state index contributed by atoms with van der Waals surface area (Å²) in [6.07, 6.45) is 4.92. The molecule has 1 aliphatic rings. The maximum absolute atomic E-state index is 11.3. The lowest BCUT2D eigenvalue weighted by molar-refractivity contribution is -0.193. The van der Waals surface area contributed by atoms with Crippen molar-refractivity contribution < 1.29 is 19.2 Å². The largest absolute Gasteiger partial charge is 0.356 e. The molecule has 0 saturated carbocycles. The molecule has 0 aliphatic carbocycles. The molecule has 0 spiro atoms. The van der Waals surface area contributed by atoms with Crippen molar-refractivity contribution in [2.24, 2.45) is 5.92 Å². The summed E-state index contributed by atoms with van der Waals surface area (Å²) in [4.78, 5) is 38.2. The Kier molecular flexibility index (Phi) is 4.87. The van der Waals surface area contributed by atoms with Gasteiger partial charge >= 0.3 is 5.97 Å². The SMILES string of the molecule is CC(C)CC/C=C/C(=O)ON1C(=O)CCC1=O. The third kappa shape index (κ3) is 4.38. The van der Waals surface area contributed by atoms with Gasteiger partial charge in [-0.15, -0.1) is 5.06 Å². The van der Waals surface area contributed by atoms with Crippen LogP contribution < -0.4 is 0 Å². The molecule has 1 fully saturated rings. The second kappa shape index (κ2) is 6.18. The van der Waals surface area contributed by atoms with Gasteiger partial charge in [0.25, 0.3) is 11.8 Å². The van der Waals surface area contributed by atoms with Gasteiger partial charge in [0.2, 0.25) is 0 Å². The molecule has 0 aromatic carbocycles. The van der Waals surface area contributed by atoms with Crippen LogP contribution in [0, 0.1) is 5.92 Å². The predicted molar refractivity (Wildman–Crippen MR) is 60.4 cm³/mol. The van der Waals surface area contributed by atoms with Crippen LogP contribution in [0.25, 0.3) is 0 Å². The number of hydrogen-bond acceptors (Lipinski definition) is 4. The van der Waals surface area contributed by atoms with Crippen LogP contribution in [0.5, 0.6) is 0 Å².